The van der Waals surface area contributed by atoms with Crippen molar-refractivity contribution in [1.82, 2.24) is 25.3 Å². The maximum atomic E-state index is 14.1. The minimum atomic E-state index is -0.752. The van der Waals surface area contributed by atoms with Gasteiger partial charge in [-0.1, -0.05) is 11.6 Å². The first-order chi connectivity index (χ1) is 12.5. The summed E-state index contributed by atoms with van der Waals surface area (Å²) >= 11 is 5.99. The highest BCUT2D eigenvalue weighted by atomic mass is 35.5. The largest absolute Gasteiger partial charge is 0.395 e. The van der Waals surface area contributed by atoms with Crippen molar-refractivity contribution in [1.29, 1.82) is 0 Å². The summed E-state index contributed by atoms with van der Waals surface area (Å²) in [5.41, 5.74) is 1.21. The SMILES string of the molecule is C[C@H](Nc1nc(-c2c[nH]c3ncc(Cl)cc23)ncc1F)C(=O)NCCO. The van der Waals surface area contributed by atoms with E-state index in [1.54, 1.807) is 19.2 Å². The standard InChI is InChI=1S/C16H16ClFN6O2/c1-8(16(26)19-2-3-25)23-15-12(18)7-22-14(24-15)11-6-21-13-10(11)4-9(17)5-20-13/h4-8,25H,2-3H2,1H3,(H,19,26)(H,20,21)(H,22,23,24)/t8-/m0/s1. The highest BCUT2D eigenvalue weighted by Gasteiger charge is 2.17. The van der Waals surface area contributed by atoms with Gasteiger partial charge in [0.2, 0.25) is 5.91 Å². The molecule has 1 amide bonds. The third-order valence-corrected chi connectivity index (χ3v) is 3.85. The summed E-state index contributed by atoms with van der Waals surface area (Å²) in [5, 5.41) is 15.1. The molecule has 1 atom stereocenters. The fourth-order valence-corrected chi connectivity index (χ4v) is 2.52. The molecular formula is C16H16ClFN6O2. The molecule has 0 saturated heterocycles. The third-order valence-electron chi connectivity index (χ3n) is 3.64. The average molecular weight is 379 g/mol. The minimum Gasteiger partial charge on any atom is -0.395 e. The van der Waals surface area contributed by atoms with Crippen LogP contribution in [0, 0.1) is 5.82 Å². The molecule has 0 unspecified atom stereocenters. The molecule has 0 radical (unpaired) electrons. The Morgan fingerprint density at radius 3 is 3.00 bits per heavy atom. The van der Waals surface area contributed by atoms with Gasteiger partial charge < -0.3 is 20.7 Å². The fourth-order valence-electron chi connectivity index (χ4n) is 2.36. The molecule has 3 rings (SSSR count). The van der Waals surface area contributed by atoms with E-state index >= 15 is 0 Å². The van der Waals surface area contributed by atoms with Crippen molar-refractivity contribution >= 4 is 34.4 Å². The van der Waals surface area contributed by atoms with Crippen molar-refractivity contribution in [3.8, 4) is 11.4 Å². The Kier molecular flexibility index (Phi) is 5.29. The van der Waals surface area contributed by atoms with Crippen LogP contribution < -0.4 is 10.6 Å². The van der Waals surface area contributed by atoms with E-state index in [1.807, 2.05) is 0 Å². The number of aromatic nitrogens is 4. The topological polar surface area (TPSA) is 116 Å². The number of hydrogen-bond acceptors (Lipinski definition) is 6. The molecule has 136 valence electrons. The molecule has 0 fully saturated rings. The third kappa shape index (κ3) is 3.73. The number of nitrogens with zero attached hydrogens (tertiary/aromatic N) is 3. The predicted octanol–water partition coefficient (Wildman–Crippen LogP) is 1.72. The summed E-state index contributed by atoms with van der Waals surface area (Å²) in [7, 11) is 0. The van der Waals surface area contributed by atoms with Crippen molar-refractivity contribution < 1.29 is 14.3 Å². The van der Waals surface area contributed by atoms with E-state index in [0.29, 0.717) is 21.6 Å². The zero-order valence-electron chi connectivity index (χ0n) is 13.8. The Labute approximate surface area is 152 Å². The Hall–Kier alpha value is -2.78. The monoisotopic (exact) mass is 378 g/mol. The van der Waals surface area contributed by atoms with Crippen molar-refractivity contribution in [2.45, 2.75) is 13.0 Å². The van der Waals surface area contributed by atoms with Gasteiger partial charge in [0.05, 0.1) is 17.8 Å². The molecule has 0 bridgehead atoms. The van der Waals surface area contributed by atoms with E-state index in [4.69, 9.17) is 16.7 Å². The number of rotatable bonds is 6. The lowest BCUT2D eigenvalue weighted by Crippen LogP contribution is -2.39. The number of nitrogens with one attached hydrogen (secondary N) is 3. The van der Waals surface area contributed by atoms with Crippen molar-refractivity contribution in [2.75, 3.05) is 18.5 Å². The number of halogens is 2. The second-order valence-electron chi connectivity index (χ2n) is 5.52. The smallest absolute Gasteiger partial charge is 0.242 e. The molecule has 26 heavy (non-hydrogen) atoms. The number of aliphatic hydroxyl groups excluding tert-OH is 1. The first kappa shape index (κ1) is 18.0. The second kappa shape index (κ2) is 7.63. The van der Waals surface area contributed by atoms with Gasteiger partial charge in [0.1, 0.15) is 11.7 Å². The van der Waals surface area contributed by atoms with Gasteiger partial charge in [0.25, 0.3) is 0 Å². The predicted molar refractivity (Wildman–Crippen MR) is 95.3 cm³/mol. The molecule has 0 aliphatic heterocycles. The molecule has 0 aromatic carbocycles. The Balaban J connectivity index is 1.90. The van der Waals surface area contributed by atoms with E-state index in [1.165, 1.54) is 6.20 Å². The molecule has 0 aliphatic rings. The lowest BCUT2D eigenvalue weighted by atomic mass is 10.2. The van der Waals surface area contributed by atoms with Crippen LogP contribution in [0.5, 0.6) is 0 Å². The Bertz CT molecular complexity index is 948. The number of fused-ring (bicyclic) bond motifs is 1. The number of aliphatic hydroxyl groups is 1. The molecule has 3 aromatic rings. The number of carbonyl (C=O) groups excluding carboxylic acids is 1. The van der Waals surface area contributed by atoms with Crippen LogP contribution in [0.3, 0.4) is 0 Å². The van der Waals surface area contributed by atoms with Crippen LogP contribution in [0.1, 0.15) is 6.92 Å². The van der Waals surface area contributed by atoms with E-state index in [9.17, 15) is 9.18 Å². The molecule has 10 heteroatoms. The highest BCUT2D eigenvalue weighted by molar-refractivity contribution is 6.31. The molecule has 0 spiro atoms. The quantitative estimate of drug-likeness (QED) is 0.519. The number of anilines is 1. The summed E-state index contributed by atoms with van der Waals surface area (Å²) in [5.74, 6) is -0.925. The number of aromatic amines is 1. The summed E-state index contributed by atoms with van der Waals surface area (Å²) in [4.78, 5) is 27.2. The van der Waals surface area contributed by atoms with Crippen LogP contribution in [0.25, 0.3) is 22.4 Å². The fraction of sp³-hybridized carbons (Fsp3) is 0.250. The molecule has 4 N–H and O–H groups in total. The summed E-state index contributed by atoms with van der Waals surface area (Å²) < 4.78 is 14.1. The van der Waals surface area contributed by atoms with Crippen molar-refractivity contribution in [2.24, 2.45) is 0 Å². The van der Waals surface area contributed by atoms with Gasteiger partial charge in [-0.3, -0.25) is 4.79 Å². The first-order valence-corrected chi connectivity index (χ1v) is 8.18. The molecule has 0 aliphatic carbocycles. The molecular weight excluding hydrogens is 363 g/mol. The van der Waals surface area contributed by atoms with Crippen LogP contribution in [0.15, 0.2) is 24.7 Å². The zero-order chi connectivity index (χ0) is 18.7. The van der Waals surface area contributed by atoms with Crippen LogP contribution in [-0.2, 0) is 4.79 Å². The average Bonchev–Trinajstić information content (AvgIpc) is 3.04. The normalized spacial score (nSPS) is 12.2. The Morgan fingerprint density at radius 2 is 2.23 bits per heavy atom. The van der Waals surface area contributed by atoms with Crippen molar-refractivity contribution in [3.63, 3.8) is 0 Å². The summed E-state index contributed by atoms with van der Waals surface area (Å²) in [6.45, 7) is 1.50. The molecule has 3 aromatic heterocycles. The molecule has 8 nitrogen and oxygen atoms in total. The van der Waals surface area contributed by atoms with E-state index in [0.717, 1.165) is 6.20 Å². The number of pyridine rings is 1. The van der Waals surface area contributed by atoms with E-state index in [2.05, 4.69) is 30.6 Å². The van der Waals surface area contributed by atoms with E-state index in [-0.39, 0.29) is 30.7 Å². The summed E-state index contributed by atoms with van der Waals surface area (Å²) in [6, 6.07) is 0.957. The van der Waals surface area contributed by atoms with Gasteiger partial charge in [-0.25, -0.2) is 19.3 Å². The van der Waals surface area contributed by atoms with Crippen LogP contribution >= 0.6 is 11.6 Å². The highest BCUT2D eigenvalue weighted by Crippen LogP contribution is 2.28. The zero-order valence-corrected chi connectivity index (χ0v) is 14.5. The maximum Gasteiger partial charge on any atom is 0.242 e. The van der Waals surface area contributed by atoms with Gasteiger partial charge in [0, 0.05) is 29.9 Å². The number of carbonyl (C=O) groups is 1. The van der Waals surface area contributed by atoms with Crippen LogP contribution in [-0.4, -0.2) is 50.1 Å². The maximum absolute atomic E-state index is 14.1. The lowest BCUT2D eigenvalue weighted by molar-refractivity contribution is -0.121. The number of amides is 1. The van der Waals surface area contributed by atoms with Gasteiger partial charge in [-0.15, -0.1) is 0 Å². The van der Waals surface area contributed by atoms with Gasteiger partial charge in [-0.2, -0.15) is 0 Å². The van der Waals surface area contributed by atoms with Crippen LogP contribution in [0.4, 0.5) is 10.2 Å². The first-order valence-electron chi connectivity index (χ1n) is 7.80. The number of hydrogen-bond donors (Lipinski definition) is 4. The van der Waals surface area contributed by atoms with E-state index < -0.39 is 11.9 Å². The van der Waals surface area contributed by atoms with Crippen molar-refractivity contribution in [3.05, 3.63) is 35.5 Å². The van der Waals surface area contributed by atoms with Crippen LogP contribution in [0.2, 0.25) is 5.02 Å². The Morgan fingerprint density at radius 1 is 1.42 bits per heavy atom. The molecule has 0 saturated carbocycles. The minimum absolute atomic E-state index is 0.106. The number of H-pyrrole nitrogens is 1. The molecule has 3 heterocycles. The summed E-state index contributed by atoms with van der Waals surface area (Å²) in [6.07, 6.45) is 4.19. The van der Waals surface area contributed by atoms with Gasteiger partial charge in [-0.05, 0) is 13.0 Å². The second-order valence-corrected chi connectivity index (χ2v) is 5.96. The lowest BCUT2D eigenvalue weighted by Gasteiger charge is -2.15. The van der Waals surface area contributed by atoms with Gasteiger partial charge in [0.15, 0.2) is 17.5 Å². The van der Waals surface area contributed by atoms with Gasteiger partial charge >= 0.3 is 0 Å².